The van der Waals surface area contributed by atoms with Gasteiger partial charge < -0.3 is 4.74 Å². The molecular weight excluding hydrogens is 298 g/mol. The monoisotopic (exact) mass is 310 g/mol. The van der Waals surface area contributed by atoms with E-state index in [4.69, 9.17) is 4.74 Å². The molecule has 14 heavy (non-hydrogen) atoms. The highest BCUT2D eigenvalue weighted by molar-refractivity contribution is 14.1. The number of nitrogens with zero attached hydrogens (tertiary/aromatic N) is 2. The molecule has 2 atom stereocenters. The predicted octanol–water partition coefficient (Wildman–Crippen LogP) is 2.71. The minimum atomic E-state index is -0.287. The molecule has 0 N–H and O–H groups in total. The van der Waals surface area contributed by atoms with E-state index in [0.29, 0.717) is 3.57 Å². The molecule has 0 bridgehead atoms. The lowest BCUT2D eigenvalue weighted by Crippen LogP contribution is -2.25. The lowest BCUT2D eigenvalue weighted by atomic mass is 10.1. The van der Waals surface area contributed by atoms with Crippen molar-refractivity contribution in [2.75, 3.05) is 0 Å². The maximum absolute atomic E-state index is 13.5. The third-order valence-corrected chi connectivity index (χ3v) is 3.14. The molecule has 1 saturated heterocycles. The van der Waals surface area contributed by atoms with E-state index in [1.165, 1.54) is 10.9 Å². The molecular formula is C9H12FIN2O. The minimum absolute atomic E-state index is 0.204. The normalized spacial score (nSPS) is 27.9. The average molecular weight is 310 g/mol. The van der Waals surface area contributed by atoms with Crippen LogP contribution in [-0.4, -0.2) is 15.9 Å². The maximum Gasteiger partial charge on any atom is 0.227 e. The smallest absolute Gasteiger partial charge is 0.227 e. The molecule has 2 heterocycles. The molecule has 0 radical (unpaired) electrons. The number of rotatable bonds is 1. The summed E-state index contributed by atoms with van der Waals surface area (Å²) in [7, 11) is 0. The van der Waals surface area contributed by atoms with Gasteiger partial charge in [-0.3, -0.25) is 0 Å². The Bertz CT molecular complexity index is 329. The van der Waals surface area contributed by atoms with Gasteiger partial charge in [-0.15, -0.1) is 0 Å². The van der Waals surface area contributed by atoms with E-state index in [2.05, 4.69) is 5.10 Å². The first kappa shape index (κ1) is 10.4. The quantitative estimate of drug-likeness (QED) is 0.746. The van der Waals surface area contributed by atoms with Gasteiger partial charge in [0.1, 0.15) is 0 Å². The Hall–Kier alpha value is -0.170. The van der Waals surface area contributed by atoms with Gasteiger partial charge in [-0.05, 0) is 48.8 Å². The van der Waals surface area contributed by atoms with Crippen molar-refractivity contribution >= 4 is 22.6 Å². The second-order valence-electron chi connectivity index (χ2n) is 3.56. The highest BCUT2D eigenvalue weighted by Crippen LogP contribution is 2.27. The predicted molar refractivity (Wildman–Crippen MR) is 58.3 cm³/mol. The Morgan fingerprint density at radius 2 is 2.43 bits per heavy atom. The number of halogens is 2. The van der Waals surface area contributed by atoms with Gasteiger partial charge in [0.2, 0.25) is 5.95 Å². The largest absolute Gasteiger partial charge is 0.353 e. The fraction of sp³-hybridized carbons (Fsp3) is 0.667. The zero-order valence-electron chi connectivity index (χ0n) is 7.91. The summed E-state index contributed by atoms with van der Waals surface area (Å²) in [5.74, 6) is -0.287. The summed E-state index contributed by atoms with van der Waals surface area (Å²) in [5, 5.41) is 3.98. The standard InChI is InChI=1S/C9H12FIN2O/c1-6-3-2-4-8(14-6)13-9(10)7(11)5-12-13/h5-6,8H,2-4H2,1H3. The SMILES string of the molecule is CC1CCCC(n2ncc(I)c2F)O1. The summed E-state index contributed by atoms with van der Waals surface area (Å²) >= 11 is 1.93. The summed E-state index contributed by atoms with van der Waals surface area (Å²) in [4.78, 5) is 0. The molecule has 0 amide bonds. The Morgan fingerprint density at radius 3 is 3.00 bits per heavy atom. The van der Waals surface area contributed by atoms with E-state index in [9.17, 15) is 4.39 Å². The molecule has 2 rings (SSSR count). The highest BCUT2D eigenvalue weighted by atomic mass is 127. The summed E-state index contributed by atoms with van der Waals surface area (Å²) in [6, 6.07) is 0. The van der Waals surface area contributed by atoms with Crippen molar-refractivity contribution in [3.8, 4) is 0 Å². The van der Waals surface area contributed by atoms with E-state index in [-0.39, 0.29) is 18.3 Å². The molecule has 1 aliphatic rings. The lowest BCUT2D eigenvalue weighted by molar-refractivity contribution is -0.0916. The van der Waals surface area contributed by atoms with Crippen LogP contribution in [0.4, 0.5) is 4.39 Å². The molecule has 1 aromatic rings. The minimum Gasteiger partial charge on any atom is -0.353 e. The average Bonchev–Trinajstić information content (AvgIpc) is 2.48. The topological polar surface area (TPSA) is 27.1 Å². The summed E-state index contributed by atoms with van der Waals surface area (Å²) in [5.41, 5.74) is 0. The van der Waals surface area contributed by atoms with E-state index in [1.54, 1.807) is 0 Å². The molecule has 0 saturated carbocycles. The summed E-state index contributed by atoms with van der Waals surface area (Å²) in [6.07, 6.45) is 4.48. The van der Waals surface area contributed by atoms with E-state index >= 15 is 0 Å². The van der Waals surface area contributed by atoms with E-state index < -0.39 is 0 Å². The van der Waals surface area contributed by atoms with Crippen molar-refractivity contribution in [3.63, 3.8) is 0 Å². The molecule has 0 spiro atoms. The van der Waals surface area contributed by atoms with Gasteiger partial charge >= 0.3 is 0 Å². The van der Waals surface area contributed by atoms with E-state index in [0.717, 1.165) is 19.3 Å². The fourth-order valence-electron chi connectivity index (χ4n) is 1.69. The van der Waals surface area contributed by atoms with Crippen molar-refractivity contribution in [3.05, 3.63) is 15.7 Å². The van der Waals surface area contributed by atoms with Gasteiger partial charge in [0.15, 0.2) is 6.23 Å². The Morgan fingerprint density at radius 1 is 1.64 bits per heavy atom. The number of hydrogen-bond donors (Lipinski definition) is 0. The maximum atomic E-state index is 13.5. The van der Waals surface area contributed by atoms with Crippen molar-refractivity contribution < 1.29 is 9.13 Å². The summed E-state index contributed by atoms with van der Waals surface area (Å²) < 4.78 is 21.0. The third kappa shape index (κ3) is 1.93. The fourth-order valence-corrected chi connectivity index (χ4v) is 2.06. The van der Waals surface area contributed by atoms with Crippen LogP contribution in [-0.2, 0) is 4.74 Å². The van der Waals surface area contributed by atoms with Crippen molar-refractivity contribution in [2.45, 2.75) is 38.5 Å². The Kier molecular flexibility index (Phi) is 3.06. The molecule has 5 heteroatoms. The summed E-state index contributed by atoms with van der Waals surface area (Å²) in [6.45, 7) is 2.01. The van der Waals surface area contributed by atoms with Crippen molar-refractivity contribution in [1.82, 2.24) is 9.78 Å². The van der Waals surface area contributed by atoms with Crippen LogP contribution < -0.4 is 0 Å². The van der Waals surface area contributed by atoms with Gasteiger partial charge in [0, 0.05) is 0 Å². The third-order valence-electron chi connectivity index (χ3n) is 2.42. The zero-order chi connectivity index (χ0) is 10.1. The van der Waals surface area contributed by atoms with Gasteiger partial charge in [-0.25, -0.2) is 4.68 Å². The van der Waals surface area contributed by atoms with Gasteiger partial charge in [0.25, 0.3) is 0 Å². The van der Waals surface area contributed by atoms with Crippen LogP contribution in [0.25, 0.3) is 0 Å². The lowest BCUT2D eigenvalue weighted by Gasteiger charge is -2.27. The Labute approximate surface area is 95.8 Å². The molecule has 0 aliphatic carbocycles. The molecule has 1 fully saturated rings. The highest BCUT2D eigenvalue weighted by Gasteiger charge is 2.24. The second-order valence-corrected chi connectivity index (χ2v) is 4.72. The molecule has 1 aromatic heterocycles. The van der Waals surface area contributed by atoms with Crippen LogP contribution in [0.2, 0.25) is 0 Å². The molecule has 3 nitrogen and oxygen atoms in total. The van der Waals surface area contributed by atoms with Crippen LogP contribution >= 0.6 is 22.6 Å². The number of hydrogen-bond acceptors (Lipinski definition) is 2. The first-order chi connectivity index (χ1) is 6.68. The van der Waals surface area contributed by atoms with Gasteiger partial charge in [0.05, 0.1) is 15.9 Å². The first-order valence-electron chi connectivity index (χ1n) is 4.72. The molecule has 78 valence electrons. The van der Waals surface area contributed by atoms with E-state index in [1.807, 2.05) is 29.5 Å². The van der Waals surface area contributed by atoms with Crippen LogP contribution in [0.15, 0.2) is 6.20 Å². The number of ether oxygens (including phenoxy) is 1. The first-order valence-corrected chi connectivity index (χ1v) is 5.80. The van der Waals surface area contributed by atoms with Crippen LogP contribution in [0, 0.1) is 9.52 Å². The van der Waals surface area contributed by atoms with Crippen molar-refractivity contribution in [2.24, 2.45) is 0 Å². The van der Waals surface area contributed by atoms with Crippen LogP contribution in [0.3, 0.4) is 0 Å². The molecule has 0 aromatic carbocycles. The zero-order valence-corrected chi connectivity index (χ0v) is 10.1. The Balaban J connectivity index is 2.18. The van der Waals surface area contributed by atoms with Gasteiger partial charge in [-0.2, -0.15) is 9.49 Å². The van der Waals surface area contributed by atoms with Crippen LogP contribution in [0.5, 0.6) is 0 Å². The molecule has 1 aliphatic heterocycles. The van der Waals surface area contributed by atoms with Crippen molar-refractivity contribution in [1.29, 1.82) is 0 Å². The van der Waals surface area contributed by atoms with Gasteiger partial charge in [-0.1, -0.05) is 0 Å². The van der Waals surface area contributed by atoms with Crippen LogP contribution in [0.1, 0.15) is 32.4 Å². The molecule has 2 unspecified atom stereocenters. The second kappa shape index (κ2) is 4.14. The number of aromatic nitrogens is 2.